The molecule has 3 fully saturated rings. The zero-order valence-corrected chi connectivity index (χ0v) is 14.6. The van der Waals surface area contributed by atoms with Crippen LogP contribution in [-0.4, -0.2) is 30.6 Å². The third kappa shape index (κ3) is 4.58. The Morgan fingerprint density at radius 3 is 2.50 bits per heavy atom. The molecule has 3 aliphatic rings. The fourth-order valence-electron chi connectivity index (χ4n) is 4.15. The molecule has 2 N–H and O–H groups in total. The van der Waals surface area contributed by atoms with E-state index in [1.54, 1.807) is 12.1 Å². The summed E-state index contributed by atoms with van der Waals surface area (Å²) >= 11 is 0. The molecule has 0 amide bonds. The first kappa shape index (κ1) is 19.7. The smallest absolute Gasteiger partial charge is 0.123 e. The molecule has 4 rings (SSSR count). The highest BCUT2D eigenvalue weighted by atomic mass is 35.5. The normalized spacial score (nSPS) is 27.1. The monoisotopic (exact) mass is 348 g/mol. The first-order valence-corrected chi connectivity index (χ1v) is 7.95. The summed E-state index contributed by atoms with van der Waals surface area (Å²) in [5, 5.41) is 0. The zero-order chi connectivity index (χ0) is 13.9. The Kier molecular flexibility index (Phi) is 8.12. The summed E-state index contributed by atoms with van der Waals surface area (Å²) in [5.74, 6) is 1.47. The van der Waals surface area contributed by atoms with Crippen LogP contribution in [0.15, 0.2) is 24.3 Å². The summed E-state index contributed by atoms with van der Waals surface area (Å²) in [6.07, 6.45) is 6.28. The van der Waals surface area contributed by atoms with Gasteiger partial charge in [0.15, 0.2) is 0 Å². The van der Waals surface area contributed by atoms with Crippen molar-refractivity contribution in [2.75, 3.05) is 19.6 Å². The highest BCUT2D eigenvalue weighted by molar-refractivity contribution is 5.85. The van der Waals surface area contributed by atoms with Crippen molar-refractivity contribution in [3.05, 3.63) is 35.6 Å². The lowest BCUT2D eigenvalue weighted by atomic mass is 9.70. The third-order valence-electron chi connectivity index (χ3n) is 5.07. The van der Waals surface area contributed by atoms with Gasteiger partial charge in [0.05, 0.1) is 0 Å². The van der Waals surface area contributed by atoms with Gasteiger partial charge < -0.3 is 5.73 Å². The van der Waals surface area contributed by atoms with E-state index in [1.807, 2.05) is 12.1 Å². The number of halogens is 3. The van der Waals surface area contributed by atoms with E-state index in [4.69, 9.17) is 5.73 Å². The van der Waals surface area contributed by atoms with Crippen molar-refractivity contribution in [2.45, 2.75) is 38.1 Å². The molecule has 2 bridgehead atoms. The maximum atomic E-state index is 13.0. The SMILES string of the molecule is Cl.Cl.NCCCN1C[C@H]2CC[C@H]1[C@@H](Cc1ccc(F)cc1)C2. The minimum Gasteiger partial charge on any atom is -0.330 e. The second-order valence-electron chi connectivity index (χ2n) is 6.47. The molecular formula is C17H27Cl2FN2. The lowest BCUT2D eigenvalue weighted by Crippen LogP contribution is -2.53. The molecule has 1 aromatic carbocycles. The number of hydrogen-bond acceptors (Lipinski definition) is 2. The topological polar surface area (TPSA) is 29.3 Å². The standard InChI is InChI=1S/C17H25FN2.2ClH/c18-16-5-2-13(3-6-16)10-15-11-14-4-7-17(15)20(12-14)9-1-8-19;;/h2-3,5-6,14-15,17H,1,4,7-12,19H2;2*1H/t14-,15-,17-;;/m0../s1. The van der Waals surface area contributed by atoms with Gasteiger partial charge in [0.2, 0.25) is 0 Å². The molecule has 3 atom stereocenters. The maximum absolute atomic E-state index is 13.0. The van der Waals surface area contributed by atoms with E-state index in [1.165, 1.54) is 31.4 Å². The summed E-state index contributed by atoms with van der Waals surface area (Å²) in [6, 6.07) is 7.78. The van der Waals surface area contributed by atoms with Gasteiger partial charge in [-0.3, -0.25) is 4.90 Å². The molecule has 0 radical (unpaired) electrons. The molecule has 1 aliphatic carbocycles. The van der Waals surface area contributed by atoms with Crippen LogP contribution in [0.2, 0.25) is 0 Å². The Morgan fingerprint density at radius 1 is 1.14 bits per heavy atom. The molecule has 2 aliphatic heterocycles. The summed E-state index contributed by atoms with van der Waals surface area (Å²) < 4.78 is 13.0. The van der Waals surface area contributed by atoms with Gasteiger partial charge in [0.25, 0.3) is 0 Å². The van der Waals surface area contributed by atoms with Crippen molar-refractivity contribution < 1.29 is 4.39 Å². The van der Waals surface area contributed by atoms with Crippen molar-refractivity contribution in [1.82, 2.24) is 4.90 Å². The van der Waals surface area contributed by atoms with Crippen molar-refractivity contribution in [1.29, 1.82) is 0 Å². The van der Waals surface area contributed by atoms with Crippen molar-refractivity contribution >= 4 is 24.8 Å². The van der Waals surface area contributed by atoms with Crippen LogP contribution in [-0.2, 0) is 6.42 Å². The van der Waals surface area contributed by atoms with E-state index in [9.17, 15) is 4.39 Å². The first-order chi connectivity index (χ1) is 9.76. The quantitative estimate of drug-likeness (QED) is 0.879. The number of nitrogens with two attached hydrogens (primary N) is 1. The average molecular weight is 349 g/mol. The van der Waals surface area contributed by atoms with Gasteiger partial charge >= 0.3 is 0 Å². The molecule has 2 saturated heterocycles. The highest BCUT2D eigenvalue weighted by Gasteiger charge is 2.39. The molecular weight excluding hydrogens is 322 g/mol. The first-order valence-electron chi connectivity index (χ1n) is 7.95. The lowest BCUT2D eigenvalue weighted by molar-refractivity contribution is 0.00118. The molecule has 5 heteroatoms. The van der Waals surface area contributed by atoms with E-state index in [0.29, 0.717) is 0 Å². The van der Waals surface area contributed by atoms with Crippen LogP contribution >= 0.6 is 24.8 Å². The van der Waals surface area contributed by atoms with E-state index in [-0.39, 0.29) is 30.6 Å². The summed E-state index contributed by atoms with van der Waals surface area (Å²) in [6.45, 7) is 3.21. The summed E-state index contributed by atoms with van der Waals surface area (Å²) in [7, 11) is 0. The second-order valence-corrected chi connectivity index (χ2v) is 6.47. The molecule has 2 nitrogen and oxygen atoms in total. The van der Waals surface area contributed by atoms with Gasteiger partial charge in [-0.15, -0.1) is 24.8 Å². The summed E-state index contributed by atoms with van der Waals surface area (Å²) in [4.78, 5) is 2.67. The van der Waals surface area contributed by atoms with Gasteiger partial charge in [0.1, 0.15) is 5.82 Å². The van der Waals surface area contributed by atoms with Gasteiger partial charge in [-0.2, -0.15) is 0 Å². The van der Waals surface area contributed by atoms with Crippen LogP contribution < -0.4 is 5.73 Å². The Balaban J connectivity index is 0.00000121. The number of nitrogens with zero attached hydrogens (tertiary/aromatic N) is 1. The van der Waals surface area contributed by atoms with Crippen molar-refractivity contribution in [2.24, 2.45) is 17.6 Å². The van der Waals surface area contributed by atoms with Crippen LogP contribution in [0, 0.1) is 17.7 Å². The van der Waals surface area contributed by atoms with E-state index < -0.39 is 0 Å². The fourth-order valence-corrected chi connectivity index (χ4v) is 4.15. The number of benzene rings is 1. The molecule has 2 heterocycles. The van der Waals surface area contributed by atoms with Crippen LogP contribution in [0.4, 0.5) is 4.39 Å². The van der Waals surface area contributed by atoms with Gasteiger partial charge in [-0.05, 0) is 74.7 Å². The van der Waals surface area contributed by atoms with E-state index in [2.05, 4.69) is 4.90 Å². The molecule has 0 unspecified atom stereocenters. The highest BCUT2D eigenvalue weighted by Crippen LogP contribution is 2.40. The van der Waals surface area contributed by atoms with Gasteiger partial charge in [0, 0.05) is 12.6 Å². The predicted molar refractivity (Wildman–Crippen MR) is 94.5 cm³/mol. The second kappa shape index (κ2) is 9.07. The van der Waals surface area contributed by atoms with Gasteiger partial charge in [-0.1, -0.05) is 12.1 Å². The number of piperidine rings is 2. The van der Waals surface area contributed by atoms with Crippen molar-refractivity contribution in [3.8, 4) is 0 Å². The molecule has 1 saturated carbocycles. The minimum atomic E-state index is -0.136. The number of fused-ring (bicyclic) bond motifs is 3. The maximum Gasteiger partial charge on any atom is 0.123 e. The van der Waals surface area contributed by atoms with E-state index in [0.717, 1.165) is 43.8 Å². The van der Waals surface area contributed by atoms with Crippen LogP contribution in [0.5, 0.6) is 0 Å². The molecule has 22 heavy (non-hydrogen) atoms. The Labute approximate surface area is 145 Å². The average Bonchev–Trinajstić information content (AvgIpc) is 2.48. The lowest BCUT2D eigenvalue weighted by Gasteiger charge is -2.50. The number of rotatable bonds is 5. The molecule has 1 aromatic rings. The Bertz CT molecular complexity index is 441. The Hall–Kier alpha value is -0.350. The minimum absolute atomic E-state index is 0. The third-order valence-corrected chi connectivity index (χ3v) is 5.07. The molecule has 126 valence electrons. The number of hydrogen-bond donors (Lipinski definition) is 1. The fraction of sp³-hybridized carbons (Fsp3) is 0.647. The van der Waals surface area contributed by atoms with Crippen LogP contribution in [0.1, 0.15) is 31.2 Å². The van der Waals surface area contributed by atoms with Gasteiger partial charge in [-0.25, -0.2) is 4.39 Å². The molecule has 0 aromatic heterocycles. The molecule has 0 spiro atoms. The van der Waals surface area contributed by atoms with E-state index >= 15 is 0 Å². The van der Waals surface area contributed by atoms with Crippen LogP contribution in [0.25, 0.3) is 0 Å². The predicted octanol–water partition coefficient (Wildman–Crippen LogP) is 3.66. The van der Waals surface area contributed by atoms with Crippen LogP contribution in [0.3, 0.4) is 0 Å². The largest absolute Gasteiger partial charge is 0.330 e. The summed E-state index contributed by atoms with van der Waals surface area (Å²) in [5.41, 5.74) is 6.93. The Morgan fingerprint density at radius 2 is 1.86 bits per heavy atom. The van der Waals surface area contributed by atoms with Crippen molar-refractivity contribution in [3.63, 3.8) is 0 Å². The zero-order valence-electron chi connectivity index (χ0n) is 12.9.